The second-order valence-electron chi connectivity index (χ2n) is 5.85. The van der Waals surface area contributed by atoms with Crippen molar-refractivity contribution in [1.82, 2.24) is 4.90 Å². The van der Waals surface area contributed by atoms with E-state index in [1.807, 2.05) is 0 Å². The molecular formula is C12H24BNO. The fourth-order valence-electron chi connectivity index (χ4n) is 2.98. The number of likely N-dealkylation sites (tertiary alicyclic amines) is 1. The minimum atomic E-state index is 0.447. The molecule has 2 saturated heterocycles. The summed E-state index contributed by atoms with van der Waals surface area (Å²) in [6.45, 7) is 4.27. The van der Waals surface area contributed by atoms with Crippen LogP contribution in [-0.4, -0.2) is 44.6 Å². The summed E-state index contributed by atoms with van der Waals surface area (Å²) in [5, 5.41) is 0. The molecule has 0 radical (unpaired) electrons. The zero-order chi connectivity index (χ0) is 10.9. The summed E-state index contributed by atoms with van der Waals surface area (Å²) in [6.07, 6.45) is 6.90. The van der Waals surface area contributed by atoms with Gasteiger partial charge in [-0.3, -0.25) is 4.90 Å². The monoisotopic (exact) mass is 209 g/mol. The van der Waals surface area contributed by atoms with E-state index in [-0.39, 0.29) is 0 Å². The molecular weight excluding hydrogens is 185 g/mol. The molecule has 1 spiro atoms. The van der Waals surface area contributed by atoms with Crippen molar-refractivity contribution >= 4 is 7.85 Å². The first kappa shape index (κ1) is 11.5. The molecule has 2 aliphatic rings. The van der Waals surface area contributed by atoms with E-state index in [9.17, 15) is 0 Å². The van der Waals surface area contributed by atoms with Crippen molar-refractivity contribution < 1.29 is 4.74 Å². The SMILES string of the molecule is BC(C)CCCC1CCC2(COC2)N1C. The van der Waals surface area contributed by atoms with E-state index < -0.39 is 0 Å². The van der Waals surface area contributed by atoms with Gasteiger partial charge in [-0.2, -0.15) is 0 Å². The van der Waals surface area contributed by atoms with E-state index in [0.717, 1.165) is 25.1 Å². The van der Waals surface area contributed by atoms with Gasteiger partial charge in [0.1, 0.15) is 7.85 Å². The predicted molar refractivity (Wildman–Crippen MR) is 66.2 cm³/mol. The van der Waals surface area contributed by atoms with Crippen molar-refractivity contribution in [3.63, 3.8) is 0 Å². The van der Waals surface area contributed by atoms with Gasteiger partial charge in [0.25, 0.3) is 0 Å². The van der Waals surface area contributed by atoms with Gasteiger partial charge in [0.05, 0.1) is 18.8 Å². The zero-order valence-electron chi connectivity index (χ0n) is 10.5. The maximum absolute atomic E-state index is 5.38. The van der Waals surface area contributed by atoms with E-state index in [2.05, 4.69) is 26.7 Å². The molecule has 86 valence electrons. The Hall–Kier alpha value is -0.0151. The molecule has 2 unspecified atom stereocenters. The maximum Gasteiger partial charge on any atom is 0.105 e. The lowest BCUT2D eigenvalue weighted by atomic mass is 9.84. The van der Waals surface area contributed by atoms with Gasteiger partial charge < -0.3 is 4.74 Å². The Bertz CT molecular complexity index is 216. The standard InChI is InChI=1S/C12H24BNO/c1-10(13)4-3-5-11-6-7-12(14(11)2)8-15-9-12/h10-11H,3-9,13H2,1-2H3. The highest BCUT2D eigenvalue weighted by molar-refractivity contribution is 6.11. The normalized spacial score (nSPS) is 31.7. The second-order valence-corrected chi connectivity index (χ2v) is 5.85. The first-order valence-electron chi connectivity index (χ1n) is 6.45. The zero-order valence-corrected chi connectivity index (χ0v) is 10.5. The molecule has 3 heteroatoms. The van der Waals surface area contributed by atoms with Crippen molar-refractivity contribution in [3.8, 4) is 0 Å². The third-order valence-corrected chi connectivity index (χ3v) is 4.30. The van der Waals surface area contributed by atoms with E-state index in [1.54, 1.807) is 0 Å². The molecule has 2 nitrogen and oxygen atoms in total. The van der Waals surface area contributed by atoms with E-state index in [0.29, 0.717) is 5.54 Å². The van der Waals surface area contributed by atoms with E-state index in [1.165, 1.54) is 32.1 Å². The van der Waals surface area contributed by atoms with Gasteiger partial charge in [-0.25, -0.2) is 0 Å². The van der Waals surface area contributed by atoms with Gasteiger partial charge in [0, 0.05) is 6.04 Å². The number of rotatable bonds is 4. The van der Waals surface area contributed by atoms with Crippen LogP contribution in [-0.2, 0) is 4.74 Å². The Kier molecular flexibility index (Phi) is 3.41. The van der Waals surface area contributed by atoms with E-state index in [4.69, 9.17) is 4.74 Å². The summed E-state index contributed by atoms with van der Waals surface area (Å²) < 4.78 is 5.38. The van der Waals surface area contributed by atoms with Crippen molar-refractivity contribution in [2.24, 2.45) is 0 Å². The van der Waals surface area contributed by atoms with Crippen molar-refractivity contribution in [2.45, 2.75) is 56.4 Å². The van der Waals surface area contributed by atoms with Crippen LogP contribution in [0.1, 0.15) is 39.0 Å². The molecule has 2 aliphatic heterocycles. The van der Waals surface area contributed by atoms with Gasteiger partial charge in [0.2, 0.25) is 0 Å². The minimum Gasteiger partial charge on any atom is -0.377 e. The van der Waals surface area contributed by atoms with Crippen LogP contribution in [0, 0.1) is 0 Å². The van der Waals surface area contributed by atoms with Crippen LogP contribution in [0.3, 0.4) is 0 Å². The molecule has 0 aromatic heterocycles. The Morgan fingerprint density at radius 1 is 1.53 bits per heavy atom. The largest absolute Gasteiger partial charge is 0.377 e. The minimum absolute atomic E-state index is 0.447. The average Bonchev–Trinajstić information content (AvgIpc) is 2.43. The van der Waals surface area contributed by atoms with Crippen LogP contribution < -0.4 is 0 Å². The smallest absolute Gasteiger partial charge is 0.105 e. The van der Waals surface area contributed by atoms with E-state index >= 15 is 0 Å². The van der Waals surface area contributed by atoms with Crippen LogP contribution in [0.25, 0.3) is 0 Å². The van der Waals surface area contributed by atoms with Gasteiger partial charge in [-0.05, 0) is 26.3 Å². The maximum atomic E-state index is 5.38. The van der Waals surface area contributed by atoms with Gasteiger partial charge in [-0.1, -0.05) is 25.6 Å². The summed E-state index contributed by atoms with van der Waals surface area (Å²) in [5.74, 6) is 0.859. The first-order valence-corrected chi connectivity index (χ1v) is 6.45. The fraction of sp³-hybridized carbons (Fsp3) is 1.00. The number of hydrogen-bond acceptors (Lipinski definition) is 2. The summed E-state index contributed by atoms with van der Waals surface area (Å²) in [6, 6.07) is 0.827. The Morgan fingerprint density at radius 3 is 2.73 bits per heavy atom. The van der Waals surface area contributed by atoms with Gasteiger partial charge >= 0.3 is 0 Å². The Balaban J connectivity index is 1.75. The summed E-state index contributed by atoms with van der Waals surface area (Å²) in [7, 11) is 4.62. The molecule has 0 saturated carbocycles. The molecule has 0 bridgehead atoms. The lowest BCUT2D eigenvalue weighted by Crippen LogP contribution is -2.58. The third kappa shape index (κ3) is 2.23. The molecule has 0 aliphatic carbocycles. The molecule has 2 fully saturated rings. The van der Waals surface area contributed by atoms with Crippen LogP contribution in [0.4, 0.5) is 0 Å². The topological polar surface area (TPSA) is 12.5 Å². The predicted octanol–water partition coefficient (Wildman–Crippen LogP) is 1.46. The number of ether oxygens (including phenoxy) is 1. The highest BCUT2D eigenvalue weighted by Crippen LogP contribution is 2.39. The Morgan fingerprint density at radius 2 is 2.27 bits per heavy atom. The molecule has 0 N–H and O–H groups in total. The van der Waals surface area contributed by atoms with Crippen molar-refractivity contribution in [3.05, 3.63) is 0 Å². The molecule has 0 aromatic carbocycles. The van der Waals surface area contributed by atoms with Gasteiger partial charge in [0.15, 0.2) is 0 Å². The number of hydrogen-bond donors (Lipinski definition) is 0. The third-order valence-electron chi connectivity index (χ3n) is 4.30. The van der Waals surface area contributed by atoms with Crippen LogP contribution in [0.15, 0.2) is 0 Å². The van der Waals surface area contributed by atoms with Crippen molar-refractivity contribution in [1.29, 1.82) is 0 Å². The molecule has 2 atom stereocenters. The molecule has 0 amide bonds. The summed E-state index contributed by atoms with van der Waals surface area (Å²) >= 11 is 0. The van der Waals surface area contributed by atoms with Crippen LogP contribution in [0.5, 0.6) is 0 Å². The lowest BCUT2D eigenvalue weighted by Gasteiger charge is -2.45. The number of nitrogens with zero attached hydrogens (tertiary/aromatic N) is 1. The molecule has 2 heterocycles. The quantitative estimate of drug-likeness (QED) is 0.650. The molecule has 2 rings (SSSR count). The van der Waals surface area contributed by atoms with Crippen molar-refractivity contribution in [2.75, 3.05) is 20.3 Å². The first-order chi connectivity index (χ1) is 7.14. The lowest BCUT2D eigenvalue weighted by molar-refractivity contribution is -0.122. The average molecular weight is 209 g/mol. The highest BCUT2D eigenvalue weighted by Gasteiger charge is 2.48. The van der Waals surface area contributed by atoms with Crippen LogP contribution in [0.2, 0.25) is 5.82 Å². The molecule has 0 aromatic rings. The Labute approximate surface area is 94.8 Å². The number of likely N-dealkylation sites (N-methyl/N-ethyl adjacent to an activating group) is 1. The highest BCUT2D eigenvalue weighted by atomic mass is 16.5. The van der Waals surface area contributed by atoms with Crippen LogP contribution >= 0.6 is 0 Å². The fourth-order valence-corrected chi connectivity index (χ4v) is 2.98. The second kappa shape index (κ2) is 4.46. The summed E-state index contributed by atoms with van der Waals surface area (Å²) in [4.78, 5) is 2.61. The summed E-state index contributed by atoms with van der Waals surface area (Å²) in [5.41, 5.74) is 0.447. The molecule has 15 heavy (non-hydrogen) atoms. The van der Waals surface area contributed by atoms with Gasteiger partial charge in [-0.15, -0.1) is 0 Å².